The minimum atomic E-state index is 0.659. The molecule has 0 atom stereocenters. The largest absolute Gasteiger partial charge is 0.456 e. The Morgan fingerprint density at radius 1 is 0.588 bits per heavy atom. The highest BCUT2D eigenvalue weighted by Crippen LogP contribution is 2.44. The molecule has 5 aromatic rings. The van der Waals surface area contributed by atoms with E-state index in [0.29, 0.717) is 18.2 Å². The Kier molecular flexibility index (Phi) is 5.09. The molecule has 6 heteroatoms. The van der Waals surface area contributed by atoms with Gasteiger partial charge in [0.05, 0.1) is 40.8 Å². The second kappa shape index (κ2) is 8.67. The molecule has 3 aromatic heterocycles. The van der Waals surface area contributed by atoms with E-state index in [9.17, 15) is 0 Å². The molecule has 1 aliphatic heterocycles. The smallest absolute Gasteiger partial charge is 0.147 e. The fourth-order valence-electron chi connectivity index (χ4n) is 4.14. The van der Waals surface area contributed by atoms with Gasteiger partial charge in [0.15, 0.2) is 0 Å². The Morgan fingerprint density at radius 2 is 1.32 bits per heavy atom. The summed E-state index contributed by atoms with van der Waals surface area (Å²) in [6.45, 7) is 0.688. The van der Waals surface area contributed by atoms with Crippen LogP contribution in [0.2, 0.25) is 0 Å². The lowest BCUT2D eigenvalue weighted by Gasteiger charge is -2.22. The van der Waals surface area contributed by atoms with Gasteiger partial charge in [-0.2, -0.15) is 0 Å². The Morgan fingerprint density at radius 3 is 2.12 bits per heavy atom. The molecular weight excluding hydrogens is 422 g/mol. The Bertz CT molecular complexity index is 1430. The van der Waals surface area contributed by atoms with Gasteiger partial charge in [-0.15, -0.1) is 0 Å². The summed E-state index contributed by atoms with van der Waals surface area (Å²) >= 11 is 0. The van der Waals surface area contributed by atoms with Crippen LogP contribution < -0.4 is 14.5 Å². The molecule has 4 heterocycles. The van der Waals surface area contributed by atoms with E-state index in [0.717, 1.165) is 34.1 Å². The first kappa shape index (κ1) is 19.9. The quantitative estimate of drug-likeness (QED) is 0.306. The third-order valence-electron chi connectivity index (χ3n) is 5.72. The van der Waals surface area contributed by atoms with E-state index in [2.05, 4.69) is 73.3 Å². The molecule has 6 rings (SSSR count). The molecule has 0 saturated heterocycles. The average Bonchev–Trinajstić information content (AvgIpc) is 3.30. The van der Waals surface area contributed by atoms with E-state index in [1.165, 1.54) is 0 Å². The number of benzene rings is 2. The molecule has 1 aliphatic rings. The SMILES string of the molecule is c1ccc(N2CN(c3cncc(Oc4ccnc(-c5ccccn5)c4)c3)c3ccccc32)cc1. The zero-order chi connectivity index (χ0) is 22.7. The standard InChI is InChI=1S/C28H21N5O/c1-2-8-21(9-3-1)32-20-33(28-12-5-4-11-27(28)32)22-16-24(19-29-18-22)34-23-13-15-31-26(17-23)25-10-6-7-14-30-25/h1-19H,20H2. The van der Waals surface area contributed by atoms with Gasteiger partial charge >= 0.3 is 0 Å². The van der Waals surface area contributed by atoms with Crippen molar-refractivity contribution < 1.29 is 4.74 Å². The maximum Gasteiger partial charge on any atom is 0.147 e. The molecule has 0 radical (unpaired) electrons. The Balaban J connectivity index is 1.29. The average molecular weight is 444 g/mol. The van der Waals surface area contributed by atoms with Crippen molar-refractivity contribution in [2.45, 2.75) is 0 Å². The number of pyridine rings is 3. The second-order valence-corrected chi connectivity index (χ2v) is 7.89. The van der Waals surface area contributed by atoms with Crippen LogP contribution in [0.5, 0.6) is 11.5 Å². The summed E-state index contributed by atoms with van der Waals surface area (Å²) < 4.78 is 6.17. The highest BCUT2D eigenvalue weighted by molar-refractivity contribution is 5.86. The summed E-state index contributed by atoms with van der Waals surface area (Å²) in [5.41, 5.74) is 5.96. The van der Waals surface area contributed by atoms with Crippen molar-refractivity contribution in [3.8, 4) is 22.9 Å². The molecule has 0 unspecified atom stereocenters. The van der Waals surface area contributed by atoms with Crippen molar-refractivity contribution in [3.63, 3.8) is 0 Å². The topological polar surface area (TPSA) is 54.4 Å². The van der Waals surface area contributed by atoms with Crippen LogP contribution in [0.1, 0.15) is 0 Å². The second-order valence-electron chi connectivity index (χ2n) is 7.89. The van der Waals surface area contributed by atoms with Crippen LogP contribution >= 0.6 is 0 Å². The summed E-state index contributed by atoms with van der Waals surface area (Å²) in [6.07, 6.45) is 7.07. The van der Waals surface area contributed by atoms with Gasteiger partial charge in [-0.25, -0.2) is 0 Å². The zero-order valence-corrected chi connectivity index (χ0v) is 18.3. The van der Waals surface area contributed by atoms with Crippen molar-refractivity contribution in [1.29, 1.82) is 0 Å². The molecule has 34 heavy (non-hydrogen) atoms. The lowest BCUT2D eigenvalue weighted by molar-refractivity contribution is 0.480. The molecule has 0 bridgehead atoms. The van der Waals surface area contributed by atoms with Crippen molar-refractivity contribution in [2.75, 3.05) is 16.5 Å². The first-order valence-electron chi connectivity index (χ1n) is 11.0. The van der Waals surface area contributed by atoms with Crippen LogP contribution in [0, 0.1) is 0 Å². The van der Waals surface area contributed by atoms with Crippen molar-refractivity contribution >= 4 is 22.7 Å². The van der Waals surface area contributed by atoms with E-state index >= 15 is 0 Å². The molecule has 0 amide bonds. The lowest BCUT2D eigenvalue weighted by Crippen LogP contribution is -2.23. The van der Waals surface area contributed by atoms with Crippen LogP contribution in [0.15, 0.2) is 116 Å². The van der Waals surface area contributed by atoms with Gasteiger partial charge in [-0.1, -0.05) is 36.4 Å². The highest BCUT2D eigenvalue weighted by Gasteiger charge is 2.28. The van der Waals surface area contributed by atoms with Gasteiger partial charge < -0.3 is 14.5 Å². The van der Waals surface area contributed by atoms with Gasteiger partial charge in [0.25, 0.3) is 0 Å². The van der Waals surface area contributed by atoms with E-state index in [1.807, 2.05) is 48.7 Å². The minimum Gasteiger partial charge on any atom is -0.456 e. The van der Waals surface area contributed by atoms with Crippen LogP contribution in [-0.2, 0) is 0 Å². The molecule has 0 N–H and O–H groups in total. The van der Waals surface area contributed by atoms with Crippen LogP contribution in [0.25, 0.3) is 11.4 Å². The highest BCUT2D eigenvalue weighted by atomic mass is 16.5. The number of ether oxygens (including phenoxy) is 1. The van der Waals surface area contributed by atoms with Crippen molar-refractivity contribution in [3.05, 3.63) is 116 Å². The summed E-state index contributed by atoms with van der Waals surface area (Å²) in [4.78, 5) is 17.8. The first-order chi connectivity index (χ1) is 16.8. The molecular formula is C28H21N5O. The van der Waals surface area contributed by atoms with Gasteiger partial charge in [-0.05, 0) is 42.5 Å². The number of hydrogen-bond acceptors (Lipinski definition) is 6. The number of nitrogens with zero attached hydrogens (tertiary/aromatic N) is 5. The van der Waals surface area contributed by atoms with Crippen molar-refractivity contribution in [1.82, 2.24) is 15.0 Å². The number of para-hydroxylation sites is 3. The Hall–Kier alpha value is -4.71. The normalized spacial score (nSPS) is 12.5. The molecule has 0 aliphatic carbocycles. The fourth-order valence-corrected chi connectivity index (χ4v) is 4.14. The molecule has 2 aromatic carbocycles. The van der Waals surface area contributed by atoms with E-state index in [-0.39, 0.29) is 0 Å². The molecule has 164 valence electrons. The lowest BCUT2D eigenvalue weighted by atomic mass is 10.2. The number of rotatable bonds is 5. The van der Waals surface area contributed by atoms with Crippen molar-refractivity contribution in [2.24, 2.45) is 0 Å². The van der Waals surface area contributed by atoms with Crippen LogP contribution in [0.3, 0.4) is 0 Å². The third-order valence-corrected chi connectivity index (χ3v) is 5.72. The van der Waals surface area contributed by atoms with Gasteiger partial charge in [0.2, 0.25) is 0 Å². The molecule has 0 saturated carbocycles. The fraction of sp³-hybridized carbons (Fsp3) is 0.0357. The maximum absolute atomic E-state index is 6.17. The first-order valence-corrected chi connectivity index (χ1v) is 11.0. The summed E-state index contributed by atoms with van der Waals surface area (Å²) in [7, 11) is 0. The van der Waals surface area contributed by atoms with E-state index in [1.54, 1.807) is 18.6 Å². The number of aromatic nitrogens is 3. The number of fused-ring (bicyclic) bond motifs is 1. The van der Waals surface area contributed by atoms with E-state index < -0.39 is 0 Å². The summed E-state index contributed by atoms with van der Waals surface area (Å²) in [5.74, 6) is 1.34. The van der Waals surface area contributed by atoms with Gasteiger partial charge in [0, 0.05) is 30.2 Å². The number of hydrogen-bond donors (Lipinski definition) is 0. The van der Waals surface area contributed by atoms with Gasteiger partial charge in [-0.3, -0.25) is 15.0 Å². The van der Waals surface area contributed by atoms with Crippen LogP contribution in [0.4, 0.5) is 22.7 Å². The predicted octanol–water partition coefficient (Wildman–Crippen LogP) is 6.58. The molecule has 0 fully saturated rings. The molecule has 0 spiro atoms. The summed E-state index contributed by atoms with van der Waals surface area (Å²) in [5, 5.41) is 0. The zero-order valence-electron chi connectivity index (χ0n) is 18.3. The monoisotopic (exact) mass is 443 g/mol. The Labute approximate surface area is 197 Å². The predicted molar refractivity (Wildman–Crippen MR) is 134 cm³/mol. The van der Waals surface area contributed by atoms with Crippen LogP contribution in [-0.4, -0.2) is 21.6 Å². The minimum absolute atomic E-state index is 0.659. The third kappa shape index (κ3) is 3.82. The maximum atomic E-state index is 6.17. The summed E-state index contributed by atoms with van der Waals surface area (Å²) in [6, 6.07) is 30.3. The number of anilines is 4. The van der Waals surface area contributed by atoms with Gasteiger partial charge in [0.1, 0.15) is 18.2 Å². The molecule has 6 nitrogen and oxygen atoms in total. The van der Waals surface area contributed by atoms with E-state index in [4.69, 9.17) is 4.74 Å².